The van der Waals surface area contributed by atoms with Crippen LogP contribution < -0.4 is 0 Å². The van der Waals surface area contributed by atoms with Crippen LogP contribution in [-0.4, -0.2) is 246 Å². The molecule has 0 saturated carbocycles. The number of hydrogen-bond acceptors (Lipinski definition) is 23. The number of unbranched alkanes of at least 4 members (excludes halogenated alkanes) is 4. The van der Waals surface area contributed by atoms with E-state index in [1.165, 1.54) is 12.2 Å². The molecule has 2 aliphatic heterocycles. The molecule has 2 aliphatic rings. The van der Waals surface area contributed by atoms with E-state index in [1.54, 1.807) is 26.8 Å². The molecule has 2 heterocycles. The van der Waals surface area contributed by atoms with Crippen LogP contribution >= 0.6 is 0 Å². The maximum atomic E-state index is 11.2. The summed E-state index contributed by atoms with van der Waals surface area (Å²) in [4.78, 5) is 0. The van der Waals surface area contributed by atoms with Gasteiger partial charge in [0.15, 0.2) is 0 Å². The Morgan fingerprint density at radius 1 is 0.568 bits per heavy atom. The highest BCUT2D eigenvalue weighted by Crippen LogP contribution is 2.32. The van der Waals surface area contributed by atoms with Crippen molar-refractivity contribution in [2.75, 3.05) is 6.61 Å². The van der Waals surface area contributed by atoms with Gasteiger partial charge in [0, 0.05) is 19.3 Å². The molecular formula is C63H110O24S. The third-order valence-corrected chi connectivity index (χ3v) is 17.1. The molecule has 25 heteroatoms. The molecule has 0 unspecified atom stereocenters. The topological polar surface area (TPSA) is 446 Å². The molecule has 2 fully saturated rings. The summed E-state index contributed by atoms with van der Waals surface area (Å²) < 4.78 is 45.6. The van der Waals surface area contributed by atoms with Gasteiger partial charge in [-0.05, 0) is 127 Å². The summed E-state index contributed by atoms with van der Waals surface area (Å²) in [6, 6.07) is 0. The lowest BCUT2D eigenvalue weighted by molar-refractivity contribution is -0.234. The second-order valence-corrected chi connectivity index (χ2v) is 25.4. The molecule has 24 atom stereocenters. The van der Waals surface area contributed by atoms with Crippen molar-refractivity contribution < 1.29 is 119 Å². The SMILES string of the molecule is C=CCC/C=C/C=C/C=C/CC/C=C/[C@H](O)[C@@H](O)[C@H]1O[C@@H]([C@@H](O)[C@@H](O)C(=C)CC[C@@H](O)[C@H]2C[C@@H](O)[C@H](O)[C@@H]([C@@H](O)[C@@H](O)/C=C(\C)CC[C@@H](O)C[C@@H](O)[C@@H](O)[C@@H](C)C[C@@H](O)[C@@H](O)[C@H](C)CC[C@H](O)CCC[C@H](O)CCCCCOS(=O)(=O)O)O2)C[C@@H](O)[C@@H]1O. The Morgan fingerprint density at radius 2 is 1.09 bits per heavy atom. The van der Waals surface area contributed by atoms with Gasteiger partial charge in [-0.1, -0.05) is 99.6 Å². The van der Waals surface area contributed by atoms with Crippen LogP contribution in [0.15, 0.2) is 85.1 Å². The zero-order chi connectivity index (χ0) is 66.3. The molecule has 512 valence electrons. The Hall–Kier alpha value is -2.75. The lowest BCUT2D eigenvalue weighted by Gasteiger charge is -2.42. The minimum Gasteiger partial charge on any atom is -0.393 e. The van der Waals surface area contributed by atoms with Crippen LogP contribution in [0.4, 0.5) is 0 Å². The highest BCUT2D eigenvalue weighted by atomic mass is 32.3. The van der Waals surface area contributed by atoms with E-state index in [0.29, 0.717) is 76.2 Å². The number of aliphatic hydroxyl groups is 18. The quantitative estimate of drug-likeness (QED) is 0.0176. The van der Waals surface area contributed by atoms with Gasteiger partial charge in [-0.2, -0.15) is 8.42 Å². The van der Waals surface area contributed by atoms with E-state index in [1.807, 2.05) is 42.5 Å². The van der Waals surface area contributed by atoms with E-state index in [-0.39, 0.29) is 63.5 Å². The smallest absolute Gasteiger partial charge is 0.393 e. The lowest BCUT2D eigenvalue weighted by Crippen LogP contribution is -2.59. The van der Waals surface area contributed by atoms with Crippen molar-refractivity contribution in [1.29, 1.82) is 0 Å². The molecule has 88 heavy (non-hydrogen) atoms. The van der Waals surface area contributed by atoms with Crippen LogP contribution in [0.3, 0.4) is 0 Å². The van der Waals surface area contributed by atoms with Crippen molar-refractivity contribution in [3.8, 4) is 0 Å². The van der Waals surface area contributed by atoms with Gasteiger partial charge in [-0.15, -0.1) is 6.58 Å². The van der Waals surface area contributed by atoms with Gasteiger partial charge < -0.3 is 101 Å². The summed E-state index contributed by atoms with van der Waals surface area (Å²) in [5.41, 5.74) is 0.466. The van der Waals surface area contributed by atoms with Gasteiger partial charge in [0.05, 0.1) is 79.9 Å². The van der Waals surface area contributed by atoms with Crippen LogP contribution in [0, 0.1) is 11.8 Å². The standard InChI is InChI=1S/C63H110O24S/c1-6-7-8-9-10-11-12-13-14-15-16-19-25-46(68)57(77)62-60(80)51(73)37-53(87-62)61(81)56(76)40(4)28-31-45(67)52-36-50(72)59(79)63(86-52)58(78)47(69)33-38(2)26-29-44(66)35-49(71)55(75)41(5)34-48(70)54(74)39(3)27-30-43(65)24-21-23-42(64)22-18-17-20-32-85-88(82,83)84/h6,9-14,19,25,33,39,41-81H,1,4,7-8,15-18,20-24,26-32,34-37H2,2-3,5H3,(H,82,83,84)/b10-9+,12-11+,14-13+,25-19+,38-33+/t39-,41+,42-,43-,44-,45-,46+,47+,48-,49-,50-,51-,52-,53-,54+,55+,56+,57-,58+,59+,60+,61-,62-,63-/m1/s1. The van der Waals surface area contributed by atoms with Crippen LogP contribution in [-0.2, 0) is 24.1 Å². The molecule has 24 nitrogen and oxygen atoms in total. The largest absolute Gasteiger partial charge is 0.397 e. The van der Waals surface area contributed by atoms with Gasteiger partial charge >= 0.3 is 10.4 Å². The first kappa shape index (κ1) is 81.3. The fourth-order valence-corrected chi connectivity index (χ4v) is 11.1. The number of rotatable bonds is 46. The third kappa shape index (κ3) is 31.2. The van der Waals surface area contributed by atoms with Crippen LogP contribution in [0.5, 0.6) is 0 Å². The first-order valence-electron chi connectivity index (χ1n) is 31.2. The predicted molar refractivity (Wildman–Crippen MR) is 328 cm³/mol. The van der Waals surface area contributed by atoms with E-state index in [4.69, 9.17) is 14.0 Å². The first-order valence-corrected chi connectivity index (χ1v) is 32.6. The molecule has 0 aromatic carbocycles. The highest BCUT2D eigenvalue weighted by Gasteiger charge is 2.47. The van der Waals surface area contributed by atoms with Crippen molar-refractivity contribution in [2.45, 2.75) is 290 Å². The normalized spacial score (nSPS) is 27.3. The fraction of sp³-hybridized carbons (Fsp3) is 0.778. The zero-order valence-corrected chi connectivity index (χ0v) is 52.4. The van der Waals surface area contributed by atoms with E-state index >= 15 is 0 Å². The molecule has 2 rings (SSSR count). The molecular weight excluding hydrogens is 1170 g/mol. The monoisotopic (exact) mass is 1280 g/mol. The van der Waals surface area contributed by atoms with Crippen molar-refractivity contribution in [2.24, 2.45) is 11.8 Å². The number of allylic oxidation sites excluding steroid dienone is 9. The van der Waals surface area contributed by atoms with Crippen LogP contribution in [0.2, 0.25) is 0 Å². The molecule has 2 saturated heterocycles. The van der Waals surface area contributed by atoms with Crippen molar-refractivity contribution in [3.63, 3.8) is 0 Å². The van der Waals surface area contributed by atoms with E-state index in [2.05, 4.69) is 17.3 Å². The maximum absolute atomic E-state index is 11.2. The van der Waals surface area contributed by atoms with Gasteiger partial charge in [-0.25, -0.2) is 4.18 Å². The van der Waals surface area contributed by atoms with E-state index in [9.17, 15) is 100 Å². The molecule has 0 spiro atoms. The zero-order valence-electron chi connectivity index (χ0n) is 51.5. The molecule has 0 aliphatic carbocycles. The van der Waals surface area contributed by atoms with Gasteiger partial charge in [0.1, 0.15) is 61.0 Å². The molecule has 0 amide bonds. The molecule has 19 N–H and O–H groups in total. The Bertz CT molecular complexity index is 2180. The van der Waals surface area contributed by atoms with Crippen LogP contribution in [0.1, 0.15) is 156 Å². The van der Waals surface area contributed by atoms with Crippen molar-refractivity contribution in [3.05, 3.63) is 85.1 Å². The molecule has 0 aromatic rings. The third-order valence-electron chi connectivity index (χ3n) is 16.6. The minimum absolute atomic E-state index is 0.00132. The average Bonchev–Trinajstić information content (AvgIpc) is 1.05. The second-order valence-electron chi connectivity index (χ2n) is 24.3. The van der Waals surface area contributed by atoms with Gasteiger partial charge in [-0.3, -0.25) is 4.55 Å². The lowest BCUT2D eigenvalue weighted by atomic mass is 9.85. The Morgan fingerprint density at radius 3 is 1.69 bits per heavy atom. The Balaban J connectivity index is 1.82. The summed E-state index contributed by atoms with van der Waals surface area (Å²) >= 11 is 0. The Labute approximate surface area is 520 Å². The molecule has 0 aromatic heterocycles. The maximum Gasteiger partial charge on any atom is 0.397 e. The summed E-state index contributed by atoms with van der Waals surface area (Å²) in [5, 5.41) is 195. The summed E-state index contributed by atoms with van der Waals surface area (Å²) in [6.45, 7) is 12.2. The minimum atomic E-state index is -4.47. The summed E-state index contributed by atoms with van der Waals surface area (Å²) in [7, 11) is -4.47. The molecule has 0 bridgehead atoms. The first-order chi connectivity index (χ1) is 41.4. The summed E-state index contributed by atoms with van der Waals surface area (Å²) in [5.74, 6) is -1.16. The summed E-state index contributed by atoms with van der Waals surface area (Å²) in [6.07, 6.45) is -7.92. The van der Waals surface area contributed by atoms with E-state index < -0.39 is 157 Å². The predicted octanol–water partition coefficient (Wildman–Crippen LogP) is 1.21. The van der Waals surface area contributed by atoms with E-state index in [0.717, 1.165) is 12.8 Å². The fourth-order valence-electron chi connectivity index (χ4n) is 10.8. The number of hydrogen-bond donors (Lipinski definition) is 19. The van der Waals surface area contributed by atoms with Crippen LogP contribution in [0.25, 0.3) is 0 Å². The van der Waals surface area contributed by atoms with Gasteiger partial charge in [0.25, 0.3) is 0 Å². The second kappa shape index (κ2) is 43.2. The number of ether oxygens (including phenoxy) is 2. The molecule has 0 radical (unpaired) electrons. The van der Waals surface area contributed by atoms with Crippen molar-refractivity contribution >= 4 is 10.4 Å². The number of aliphatic hydroxyl groups excluding tert-OH is 18. The van der Waals surface area contributed by atoms with Gasteiger partial charge in [0.2, 0.25) is 0 Å². The highest BCUT2D eigenvalue weighted by molar-refractivity contribution is 7.80. The van der Waals surface area contributed by atoms with Crippen molar-refractivity contribution in [1.82, 2.24) is 0 Å². The Kier molecular flexibility index (Phi) is 39.9. The average molecular weight is 1280 g/mol.